The van der Waals surface area contributed by atoms with E-state index in [1.165, 1.54) is 0 Å². The van der Waals surface area contributed by atoms with Gasteiger partial charge in [-0.3, -0.25) is 9.59 Å². The number of rotatable bonds is 11. The maximum atomic E-state index is 13.1. The molecule has 0 bridgehead atoms. The van der Waals surface area contributed by atoms with Gasteiger partial charge in [-0.2, -0.15) is 0 Å². The molecule has 1 aliphatic rings. The van der Waals surface area contributed by atoms with Gasteiger partial charge in [0.25, 0.3) is 5.91 Å². The normalized spacial score (nSPS) is 20.3. The Morgan fingerprint density at radius 2 is 1.94 bits per heavy atom. The van der Waals surface area contributed by atoms with Crippen molar-refractivity contribution in [2.24, 2.45) is 4.99 Å². The minimum atomic E-state index is -1.21. The number of benzene rings is 1. The molecule has 1 aromatic rings. The predicted octanol–water partition coefficient (Wildman–Crippen LogP) is 3.00. The maximum Gasteiger partial charge on any atom is 0.306 e. The number of aliphatic hydroxyl groups excluding tert-OH is 1. The van der Waals surface area contributed by atoms with Crippen LogP contribution in [0.5, 0.6) is 5.75 Å². The largest absolute Gasteiger partial charge is 0.494 e. The number of hydrogen-bond donors (Lipinski definition) is 2. The van der Waals surface area contributed by atoms with Crippen molar-refractivity contribution in [2.45, 2.75) is 77.5 Å². The average Bonchev–Trinajstić information content (AvgIpc) is 3.07. The molecule has 0 fully saturated rings. The number of carbonyl (C=O) groups excluding carboxylic acids is 2. The Morgan fingerprint density at radius 3 is 2.53 bits per heavy atom. The van der Waals surface area contributed by atoms with Crippen LogP contribution in [0.15, 0.2) is 29.3 Å². The van der Waals surface area contributed by atoms with Crippen LogP contribution >= 0.6 is 0 Å². The summed E-state index contributed by atoms with van der Waals surface area (Å²) >= 11 is 0. The van der Waals surface area contributed by atoms with Crippen LogP contribution in [0.25, 0.3) is 0 Å². The topological polar surface area (TPSA) is 106 Å². The number of hydrogen-bond acceptors (Lipinski definition) is 7. The van der Waals surface area contributed by atoms with E-state index in [0.717, 1.165) is 6.42 Å². The standard InChI is InChI=1S/C24H36N2O6/c1-6-14-25-22(29)24(13-12-20(28)32-23(3,4)5)17(2)31-21(26-24)18-8-10-19(11-9-18)30-16-7-15-27/h8-11,17,27H,6-7,12-16H2,1-5H3,(H,25,29)/t17-,24-/m1/s1. The molecule has 178 valence electrons. The number of carbonyl (C=O) groups is 2. The van der Waals surface area contributed by atoms with Crippen molar-refractivity contribution in [3.05, 3.63) is 29.8 Å². The predicted molar refractivity (Wildman–Crippen MR) is 122 cm³/mol. The van der Waals surface area contributed by atoms with Gasteiger partial charge in [-0.15, -0.1) is 0 Å². The zero-order valence-corrected chi connectivity index (χ0v) is 19.8. The Bertz CT molecular complexity index is 800. The van der Waals surface area contributed by atoms with Gasteiger partial charge in [-0.1, -0.05) is 6.92 Å². The van der Waals surface area contributed by atoms with Gasteiger partial charge in [0.15, 0.2) is 5.54 Å². The lowest BCUT2D eigenvalue weighted by Gasteiger charge is -2.28. The molecule has 2 atom stereocenters. The molecule has 1 aromatic carbocycles. The fraction of sp³-hybridized carbons (Fsp3) is 0.625. The summed E-state index contributed by atoms with van der Waals surface area (Å²) in [4.78, 5) is 30.1. The van der Waals surface area contributed by atoms with Crippen molar-refractivity contribution < 1.29 is 28.9 Å². The van der Waals surface area contributed by atoms with E-state index in [0.29, 0.717) is 36.8 Å². The third-order valence-electron chi connectivity index (χ3n) is 4.99. The van der Waals surface area contributed by atoms with Gasteiger partial charge in [-0.25, -0.2) is 4.99 Å². The third kappa shape index (κ3) is 6.95. The highest BCUT2D eigenvalue weighted by molar-refractivity contribution is 6.00. The molecule has 8 nitrogen and oxygen atoms in total. The minimum absolute atomic E-state index is 0.0545. The molecule has 0 aliphatic carbocycles. The number of esters is 1. The van der Waals surface area contributed by atoms with Crippen molar-refractivity contribution >= 4 is 17.8 Å². The van der Waals surface area contributed by atoms with Crippen molar-refractivity contribution in [2.75, 3.05) is 19.8 Å². The van der Waals surface area contributed by atoms with Crippen LogP contribution in [0.2, 0.25) is 0 Å². The van der Waals surface area contributed by atoms with E-state index in [1.807, 2.05) is 39.8 Å². The average molecular weight is 449 g/mol. The molecular weight excluding hydrogens is 412 g/mol. The third-order valence-corrected chi connectivity index (χ3v) is 4.99. The van der Waals surface area contributed by atoms with Gasteiger partial charge in [0.05, 0.1) is 6.61 Å². The minimum Gasteiger partial charge on any atom is -0.494 e. The number of aliphatic imine (C=N–C) groups is 1. The number of aliphatic hydroxyl groups is 1. The first kappa shape index (κ1) is 25.6. The summed E-state index contributed by atoms with van der Waals surface area (Å²) < 4.78 is 17.0. The molecule has 1 amide bonds. The highest BCUT2D eigenvalue weighted by Crippen LogP contribution is 2.34. The molecule has 1 aliphatic heterocycles. The first-order valence-electron chi connectivity index (χ1n) is 11.2. The van der Waals surface area contributed by atoms with Gasteiger partial charge in [0, 0.05) is 31.6 Å². The van der Waals surface area contributed by atoms with Gasteiger partial charge >= 0.3 is 5.97 Å². The Hall–Kier alpha value is -2.61. The summed E-state index contributed by atoms with van der Waals surface area (Å²) in [6.07, 6.45) is 1.04. The van der Waals surface area contributed by atoms with Gasteiger partial charge in [-0.05, 0) is 64.8 Å². The Kier molecular flexibility index (Phi) is 9.07. The molecule has 0 saturated carbocycles. The lowest BCUT2D eigenvalue weighted by atomic mass is 9.88. The van der Waals surface area contributed by atoms with E-state index in [9.17, 15) is 9.59 Å². The molecule has 2 N–H and O–H groups in total. The first-order valence-corrected chi connectivity index (χ1v) is 11.2. The van der Waals surface area contributed by atoms with Crippen LogP contribution in [-0.4, -0.2) is 59.9 Å². The summed E-state index contributed by atoms with van der Waals surface area (Å²) in [5.41, 5.74) is -1.09. The number of ether oxygens (including phenoxy) is 3. The summed E-state index contributed by atoms with van der Waals surface area (Å²) in [5.74, 6) is 0.399. The van der Waals surface area contributed by atoms with Gasteiger partial charge in [0.1, 0.15) is 17.5 Å². The van der Waals surface area contributed by atoms with E-state index in [4.69, 9.17) is 24.3 Å². The highest BCUT2D eigenvalue weighted by atomic mass is 16.6. The van der Waals surface area contributed by atoms with E-state index in [-0.39, 0.29) is 31.3 Å². The summed E-state index contributed by atoms with van der Waals surface area (Å²) in [7, 11) is 0. The molecule has 1 heterocycles. The number of nitrogens with one attached hydrogen (secondary N) is 1. The number of nitrogens with zero attached hydrogens (tertiary/aromatic N) is 1. The second-order valence-electron chi connectivity index (χ2n) is 8.89. The summed E-state index contributed by atoms with van der Waals surface area (Å²) in [6.45, 7) is 10.2. The molecule has 0 spiro atoms. The van der Waals surface area contributed by atoms with Crippen LogP contribution in [0, 0.1) is 0 Å². The molecule has 8 heteroatoms. The first-order chi connectivity index (χ1) is 15.1. The van der Waals surface area contributed by atoms with E-state index in [1.54, 1.807) is 19.1 Å². The Labute approximate surface area is 190 Å². The lowest BCUT2D eigenvalue weighted by molar-refractivity contribution is -0.155. The lowest BCUT2D eigenvalue weighted by Crippen LogP contribution is -2.51. The maximum absolute atomic E-state index is 13.1. The second kappa shape index (κ2) is 11.3. The fourth-order valence-electron chi connectivity index (χ4n) is 3.33. The number of amides is 1. The molecule has 0 aromatic heterocycles. The summed E-state index contributed by atoms with van der Waals surface area (Å²) in [6, 6.07) is 7.21. The van der Waals surface area contributed by atoms with Gasteiger partial charge < -0.3 is 24.6 Å². The molecule has 0 radical (unpaired) electrons. The van der Waals surface area contributed by atoms with Crippen LogP contribution in [0.3, 0.4) is 0 Å². The van der Waals surface area contributed by atoms with E-state index < -0.39 is 17.2 Å². The second-order valence-corrected chi connectivity index (χ2v) is 8.89. The van der Waals surface area contributed by atoms with E-state index >= 15 is 0 Å². The van der Waals surface area contributed by atoms with Gasteiger partial charge in [0.2, 0.25) is 5.90 Å². The SMILES string of the molecule is CCCNC(=O)[C@]1(CCC(=O)OC(C)(C)C)N=C(c2ccc(OCCCO)cc2)O[C@@H]1C. The van der Waals surface area contributed by atoms with Crippen molar-refractivity contribution in [1.29, 1.82) is 0 Å². The Morgan fingerprint density at radius 1 is 1.25 bits per heavy atom. The molecule has 0 saturated heterocycles. The smallest absolute Gasteiger partial charge is 0.306 e. The van der Waals surface area contributed by atoms with Crippen LogP contribution < -0.4 is 10.1 Å². The Balaban J connectivity index is 2.22. The quantitative estimate of drug-likeness (QED) is 0.398. The van der Waals surface area contributed by atoms with Crippen LogP contribution in [-0.2, 0) is 19.1 Å². The van der Waals surface area contributed by atoms with E-state index in [2.05, 4.69) is 5.32 Å². The van der Waals surface area contributed by atoms with Crippen LogP contribution in [0.4, 0.5) is 0 Å². The fourth-order valence-corrected chi connectivity index (χ4v) is 3.33. The highest BCUT2D eigenvalue weighted by Gasteiger charge is 2.50. The molecular formula is C24H36N2O6. The monoisotopic (exact) mass is 448 g/mol. The van der Waals surface area contributed by atoms with Crippen molar-refractivity contribution in [1.82, 2.24) is 5.32 Å². The van der Waals surface area contributed by atoms with Crippen molar-refractivity contribution in [3.63, 3.8) is 0 Å². The molecule has 32 heavy (non-hydrogen) atoms. The molecule has 2 rings (SSSR count). The van der Waals surface area contributed by atoms with Crippen LogP contribution in [0.1, 0.15) is 65.9 Å². The molecule has 0 unspecified atom stereocenters. The zero-order chi connectivity index (χ0) is 23.8. The van der Waals surface area contributed by atoms with Crippen molar-refractivity contribution in [3.8, 4) is 5.75 Å². The zero-order valence-electron chi connectivity index (χ0n) is 19.8. The summed E-state index contributed by atoms with van der Waals surface area (Å²) in [5, 5.41) is 11.8.